The van der Waals surface area contributed by atoms with Gasteiger partial charge in [0, 0.05) is 17.3 Å². The molecule has 0 heterocycles. The molecule has 0 spiro atoms. The first kappa shape index (κ1) is 18.4. The van der Waals surface area contributed by atoms with E-state index in [1.54, 1.807) is 7.11 Å². The Morgan fingerprint density at radius 1 is 0.885 bits per heavy atom. The van der Waals surface area contributed by atoms with E-state index in [4.69, 9.17) is 32.7 Å². The summed E-state index contributed by atoms with van der Waals surface area (Å²) in [6, 6.07) is 21.3. The molecule has 3 aromatic carbocycles. The third kappa shape index (κ3) is 5.07. The van der Waals surface area contributed by atoms with Gasteiger partial charge in [-0.1, -0.05) is 47.5 Å². The van der Waals surface area contributed by atoms with Gasteiger partial charge in [-0.15, -0.1) is 0 Å². The van der Waals surface area contributed by atoms with Gasteiger partial charge in [-0.2, -0.15) is 0 Å². The summed E-state index contributed by atoms with van der Waals surface area (Å²) in [5, 5.41) is 4.65. The van der Waals surface area contributed by atoms with Crippen molar-refractivity contribution in [2.75, 3.05) is 12.4 Å². The van der Waals surface area contributed by atoms with Crippen molar-refractivity contribution in [3.63, 3.8) is 0 Å². The van der Waals surface area contributed by atoms with Crippen LogP contribution in [0, 0.1) is 0 Å². The van der Waals surface area contributed by atoms with Crippen molar-refractivity contribution in [1.29, 1.82) is 0 Å². The van der Waals surface area contributed by atoms with Gasteiger partial charge >= 0.3 is 0 Å². The number of rotatable bonds is 7. The topological polar surface area (TPSA) is 30.5 Å². The molecule has 0 bridgehead atoms. The van der Waals surface area contributed by atoms with Crippen LogP contribution >= 0.6 is 23.2 Å². The third-order valence-corrected chi connectivity index (χ3v) is 4.41. The van der Waals surface area contributed by atoms with Gasteiger partial charge in [0.05, 0.1) is 12.1 Å². The lowest BCUT2D eigenvalue weighted by atomic mass is 10.2. The molecule has 0 unspecified atom stereocenters. The van der Waals surface area contributed by atoms with Crippen LogP contribution in [0.1, 0.15) is 11.1 Å². The summed E-state index contributed by atoms with van der Waals surface area (Å²) in [4.78, 5) is 0. The average Bonchev–Trinajstić information content (AvgIpc) is 2.66. The number of anilines is 1. The minimum atomic E-state index is 0.502. The highest BCUT2D eigenvalue weighted by Gasteiger charge is 2.03. The molecule has 0 amide bonds. The van der Waals surface area contributed by atoms with Crippen molar-refractivity contribution in [3.05, 3.63) is 87.9 Å². The largest absolute Gasteiger partial charge is 0.495 e. The van der Waals surface area contributed by atoms with Crippen molar-refractivity contribution < 1.29 is 9.47 Å². The number of nitrogens with one attached hydrogen (secondary N) is 1. The average molecular weight is 388 g/mol. The Morgan fingerprint density at radius 2 is 1.69 bits per heavy atom. The summed E-state index contributed by atoms with van der Waals surface area (Å²) >= 11 is 12.1. The van der Waals surface area contributed by atoms with Gasteiger partial charge in [0.25, 0.3) is 0 Å². The van der Waals surface area contributed by atoms with E-state index < -0.39 is 0 Å². The van der Waals surface area contributed by atoms with Crippen LogP contribution < -0.4 is 14.8 Å². The Kier molecular flexibility index (Phi) is 6.26. The normalized spacial score (nSPS) is 10.4. The molecular weight excluding hydrogens is 369 g/mol. The van der Waals surface area contributed by atoms with Crippen molar-refractivity contribution in [2.24, 2.45) is 0 Å². The van der Waals surface area contributed by atoms with Crippen LogP contribution in [0.15, 0.2) is 66.7 Å². The van der Waals surface area contributed by atoms with E-state index in [1.165, 1.54) is 0 Å². The molecule has 0 aliphatic heterocycles. The van der Waals surface area contributed by atoms with Crippen molar-refractivity contribution in [3.8, 4) is 11.5 Å². The van der Waals surface area contributed by atoms with Gasteiger partial charge in [0.15, 0.2) is 0 Å². The fourth-order valence-electron chi connectivity index (χ4n) is 2.47. The Hall–Kier alpha value is -2.36. The predicted octanol–water partition coefficient (Wildman–Crippen LogP) is 6.19. The third-order valence-electron chi connectivity index (χ3n) is 3.87. The molecule has 3 aromatic rings. The van der Waals surface area contributed by atoms with Gasteiger partial charge in [0.1, 0.15) is 18.1 Å². The first-order valence-corrected chi connectivity index (χ1v) is 8.93. The maximum absolute atomic E-state index is 6.15. The Bertz CT molecular complexity index is 866. The molecular formula is C21H19Cl2NO2. The van der Waals surface area contributed by atoms with Crippen LogP contribution in [0.5, 0.6) is 11.5 Å². The van der Waals surface area contributed by atoms with E-state index in [0.29, 0.717) is 23.9 Å². The van der Waals surface area contributed by atoms with E-state index in [9.17, 15) is 0 Å². The van der Waals surface area contributed by atoms with Crippen molar-refractivity contribution >= 4 is 28.9 Å². The second-order valence-electron chi connectivity index (χ2n) is 5.77. The van der Waals surface area contributed by atoms with Gasteiger partial charge in [-0.3, -0.25) is 0 Å². The second kappa shape index (κ2) is 8.84. The Labute approximate surface area is 163 Å². The van der Waals surface area contributed by atoms with E-state index in [1.807, 2.05) is 66.7 Å². The van der Waals surface area contributed by atoms with E-state index in [2.05, 4.69) is 5.32 Å². The molecule has 0 saturated carbocycles. The standard InChI is InChI=1S/C21H19Cl2NO2/c1-25-21-10-9-18(12-20(21)23)24-13-16-3-2-4-19(11-16)26-14-15-5-7-17(22)8-6-15/h2-12,24H,13-14H2,1H3. The highest BCUT2D eigenvalue weighted by Crippen LogP contribution is 2.27. The minimum Gasteiger partial charge on any atom is -0.495 e. The van der Waals surface area contributed by atoms with Crippen LogP contribution in [-0.4, -0.2) is 7.11 Å². The lowest BCUT2D eigenvalue weighted by molar-refractivity contribution is 0.306. The number of hydrogen-bond donors (Lipinski definition) is 1. The molecule has 0 aliphatic carbocycles. The zero-order valence-corrected chi connectivity index (χ0v) is 15.8. The molecule has 3 nitrogen and oxygen atoms in total. The van der Waals surface area contributed by atoms with Crippen molar-refractivity contribution in [1.82, 2.24) is 0 Å². The molecule has 0 saturated heterocycles. The minimum absolute atomic E-state index is 0.502. The van der Waals surface area contributed by atoms with Gasteiger partial charge in [-0.25, -0.2) is 0 Å². The van der Waals surface area contributed by atoms with Crippen LogP contribution in [0.25, 0.3) is 0 Å². The molecule has 0 atom stereocenters. The first-order valence-electron chi connectivity index (χ1n) is 8.17. The molecule has 0 radical (unpaired) electrons. The summed E-state index contributed by atoms with van der Waals surface area (Å²) in [5.41, 5.74) is 3.12. The Balaban J connectivity index is 1.58. The zero-order valence-electron chi connectivity index (χ0n) is 14.3. The lowest BCUT2D eigenvalue weighted by Crippen LogP contribution is -2.01. The fraction of sp³-hybridized carbons (Fsp3) is 0.143. The summed E-state index contributed by atoms with van der Waals surface area (Å²) in [6.07, 6.45) is 0. The summed E-state index contributed by atoms with van der Waals surface area (Å²) in [6.45, 7) is 1.17. The van der Waals surface area contributed by atoms with E-state index in [-0.39, 0.29) is 0 Å². The molecule has 0 fully saturated rings. The number of hydrogen-bond acceptors (Lipinski definition) is 3. The molecule has 3 rings (SSSR count). The van der Waals surface area contributed by atoms with Gasteiger partial charge < -0.3 is 14.8 Å². The number of benzene rings is 3. The lowest BCUT2D eigenvalue weighted by Gasteiger charge is -2.11. The SMILES string of the molecule is COc1ccc(NCc2cccc(OCc3ccc(Cl)cc3)c2)cc1Cl. The van der Waals surface area contributed by atoms with Gasteiger partial charge in [-0.05, 0) is 53.6 Å². The van der Waals surface area contributed by atoms with Crippen LogP contribution in [-0.2, 0) is 13.2 Å². The zero-order chi connectivity index (χ0) is 18.4. The molecule has 1 N–H and O–H groups in total. The molecule has 5 heteroatoms. The maximum Gasteiger partial charge on any atom is 0.137 e. The molecule has 26 heavy (non-hydrogen) atoms. The molecule has 0 aliphatic rings. The summed E-state index contributed by atoms with van der Waals surface area (Å²) < 4.78 is 11.0. The van der Waals surface area contributed by atoms with Crippen molar-refractivity contribution in [2.45, 2.75) is 13.2 Å². The quantitative estimate of drug-likeness (QED) is 0.523. The summed E-state index contributed by atoms with van der Waals surface area (Å²) in [5.74, 6) is 1.49. The van der Waals surface area contributed by atoms with Crippen LogP contribution in [0.3, 0.4) is 0 Å². The number of ether oxygens (including phenoxy) is 2. The van der Waals surface area contributed by atoms with Crippen LogP contribution in [0.4, 0.5) is 5.69 Å². The second-order valence-corrected chi connectivity index (χ2v) is 6.61. The monoisotopic (exact) mass is 387 g/mol. The number of methoxy groups -OCH3 is 1. The molecule has 134 valence electrons. The predicted molar refractivity (Wildman–Crippen MR) is 108 cm³/mol. The maximum atomic E-state index is 6.15. The van der Waals surface area contributed by atoms with Gasteiger partial charge in [0.2, 0.25) is 0 Å². The first-order chi connectivity index (χ1) is 12.6. The number of halogens is 2. The summed E-state index contributed by atoms with van der Waals surface area (Å²) in [7, 11) is 1.60. The molecule has 0 aromatic heterocycles. The highest BCUT2D eigenvalue weighted by atomic mass is 35.5. The Morgan fingerprint density at radius 3 is 2.42 bits per heavy atom. The van der Waals surface area contributed by atoms with E-state index in [0.717, 1.165) is 27.6 Å². The van der Waals surface area contributed by atoms with E-state index >= 15 is 0 Å². The fourth-order valence-corrected chi connectivity index (χ4v) is 2.86. The highest BCUT2D eigenvalue weighted by molar-refractivity contribution is 6.32. The smallest absolute Gasteiger partial charge is 0.137 e. The van der Waals surface area contributed by atoms with Crippen LogP contribution in [0.2, 0.25) is 10.0 Å².